The maximum atomic E-state index is 12.3. The van der Waals surface area contributed by atoms with Crippen molar-refractivity contribution in [1.29, 1.82) is 0 Å². The lowest BCUT2D eigenvalue weighted by atomic mass is 10.3. The molecule has 11 nitrogen and oxygen atoms in total. The molecule has 3 heterocycles. The second-order valence-corrected chi connectivity index (χ2v) is 7.70. The topological polar surface area (TPSA) is 169 Å². The molecule has 0 amide bonds. The van der Waals surface area contributed by atoms with Crippen molar-refractivity contribution < 1.29 is 48.0 Å². The molecule has 14 heteroatoms. The van der Waals surface area contributed by atoms with E-state index in [0.717, 1.165) is 37.8 Å². The number of alkyl halides is 1. The van der Waals surface area contributed by atoms with Gasteiger partial charge in [0, 0.05) is 6.07 Å². The minimum Gasteiger partial charge on any atom is -0.477 e. The number of pyridine rings is 3. The molecule has 3 aromatic heterocycles. The van der Waals surface area contributed by atoms with E-state index in [1.165, 1.54) is 37.4 Å². The van der Waals surface area contributed by atoms with Gasteiger partial charge < -0.3 is 24.8 Å². The molecule has 3 aromatic rings. The number of rotatable bonds is 5. The summed E-state index contributed by atoms with van der Waals surface area (Å²) < 4.78 is 34.2. The number of aliphatic hydroxyl groups excluding tert-OH is 1. The van der Waals surface area contributed by atoms with Crippen LogP contribution < -0.4 is 4.74 Å². The summed E-state index contributed by atoms with van der Waals surface area (Å²) >= 11 is 2.15. The Balaban J connectivity index is 0.000000274. The number of carbonyl (C=O) groups excluding carboxylic acids is 1. The number of aromatic nitrogens is 3. The van der Waals surface area contributed by atoms with Crippen LogP contribution in [0.15, 0.2) is 54.6 Å². The Bertz CT molecular complexity index is 1240. The van der Waals surface area contributed by atoms with E-state index in [4.69, 9.17) is 20.1 Å². The molecule has 2 aliphatic carbocycles. The van der Waals surface area contributed by atoms with E-state index in [1.807, 2.05) is 4.93 Å². The number of aliphatic hydroxyl groups is 1. The highest BCUT2D eigenvalue weighted by atomic mass is 127. The van der Waals surface area contributed by atoms with Crippen molar-refractivity contribution in [2.45, 2.75) is 37.9 Å². The van der Waals surface area contributed by atoms with Crippen LogP contribution in [0.4, 0.5) is 8.78 Å². The average Bonchev–Trinajstić information content (AvgIpc) is 3.90. The average molecular weight is 675 g/mol. The number of esters is 1. The van der Waals surface area contributed by atoms with Crippen LogP contribution in [0.5, 0.6) is 5.88 Å². The Morgan fingerprint density at radius 3 is 1.57 bits per heavy atom. The first-order valence-electron chi connectivity index (χ1n) is 11.6. The summed E-state index contributed by atoms with van der Waals surface area (Å²) in [5, 5.41) is 25.1. The molecule has 2 saturated carbocycles. The van der Waals surface area contributed by atoms with Crippen LogP contribution in [0.2, 0.25) is 0 Å². The predicted molar refractivity (Wildman–Crippen MR) is 147 cm³/mol. The molecule has 0 atom stereocenters. The molecular weight excluding hydrogens is 647 g/mol. The normalized spacial score (nSPS) is 12.7. The predicted octanol–water partition coefficient (Wildman–Crippen LogP) is 4.44. The number of hydrogen-bond donors (Lipinski definition) is 3. The Morgan fingerprint density at radius 1 is 0.775 bits per heavy atom. The minimum atomic E-state index is -1.22. The first-order valence-corrected chi connectivity index (χ1v) is 13.7. The van der Waals surface area contributed by atoms with Crippen molar-refractivity contribution in [1.82, 2.24) is 15.0 Å². The maximum Gasteiger partial charge on any atom is 0.356 e. The van der Waals surface area contributed by atoms with Gasteiger partial charge in [0.2, 0.25) is 17.8 Å². The molecule has 0 aromatic carbocycles. The molecule has 0 bridgehead atoms. The van der Waals surface area contributed by atoms with E-state index in [9.17, 15) is 23.2 Å². The summed E-state index contributed by atoms with van der Waals surface area (Å²) in [6, 6.07) is 12.3. The summed E-state index contributed by atoms with van der Waals surface area (Å²) in [7, 11) is 1.22. The molecule has 216 valence electrons. The highest BCUT2D eigenvalue weighted by molar-refractivity contribution is 14.1. The summed E-state index contributed by atoms with van der Waals surface area (Å²) in [5.41, 5.74) is -0.273. The molecule has 3 N–H and O–H groups in total. The van der Waals surface area contributed by atoms with E-state index in [-0.39, 0.29) is 29.3 Å². The first kappa shape index (κ1) is 34.2. The van der Waals surface area contributed by atoms with Crippen molar-refractivity contribution in [3.63, 3.8) is 0 Å². The molecule has 0 aliphatic heterocycles. The lowest BCUT2D eigenvalue weighted by Gasteiger charge is -2.02. The van der Waals surface area contributed by atoms with Crippen molar-refractivity contribution in [3.05, 3.63) is 83.6 Å². The van der Waals surface area contributed by atoms with Gasteiger partial charge in [-0.2, -0.15) is 8.78 Å². The van der Waals surface area contributed by atoms with E-state index in [2.05, 4.69) is 42.3 Å². The van der Waals surface area contributed by atoms with E-state index in [0.29, 0.717) is 5.88 Å². The van der Waals surface area contributed by atoms with Crippen molar-refractivity contribution in [3.8, 4) is 5.88 Å². The minimum absolute atomic E-state index is 0.0208. The van der Waals surface area contributed by atoms with Gasteiger partial charge in [0.15, 0.2) is 17.1 Å². The number of nitrogens with zero attached hydrogens (tertiary/aromatic N) is 3. The number of carboxylic acids is 2. The molecular formula is C26H28F2IN3O8. The van der Waals surface area contributed by atoms with Crippen LogP contribution in [0, 0.1) is 11.9 Å². The zero-order valence-corrected chi connectivity index (χ0v) is 23.7. The SMILES string of the molecule is CI.COC(=O)c1cccc(F)n1.O=C(O)c1cccc(F)n1.O=C(O)c1cccc(OC2CC2)n1.OC1CC1. The number of hydrogen-bond acceptors (Lipinski definition) is 9. The van der Waals surface area contributed by atoms with Crippen LogP contribution in [-0.4, -0.2) is 72.4 Å². The zero-order chi connectivity index (χ0) is 30.1. The molecule has 0 saturated heterocycles. The molecule has 0 radical (unpaired) electrons. The smallest absolute Gasteiger partial charge is 0.356 e. The van der Waals surface area contributed by atoms with E-state index in [1.54, 1.807) is 12.1 Å². The maximum absolute atomic E-state index is 12.3. The van der Waals surface area contributed by atoms with Gasteiger partial charge in [0.1, 0.15) is 6.10 Å². The van der Waals surface area contributed by atoms with E-state index >= 15 is 0 Å². The number of methoxy groups -OCH3 is 1. The Hall–Kier alpha value is -3.79. The summed E-state index contributed by atoms with van der Waals surface area (Å²) in [6.07, 6.45) is 4.49. The lowest BCUT2D eigenvalue weighted by Crippen LogP contribution is -2.04. The van der Waals surface area contributed by atoms with Gasteiger partial charge in [-0.15, -0.1) is 0 Å². The summed E-state index contributed by atoms with van der Waals surface area (Å²) in [5.74, 6) is -3.94. The molecule has 0 spiro atoms. The van der Waals surface area contributed by atoms with Gasteiger partial charge in [0.05, 0.1) is 13.2 Å². The summed E-state index contributed by atoms with van der Waals surface area (Å²) in [6.45, 7) is 0. The van der Waals surface area contributed by atoms with Crippen molar-refractivity contribution in [2.24, 2.45) is 0 Å². The fraction of sp³-hybridized carbons (Fsp3) is 0.308. The van der Waals surface area contributed by atoms with Gasteiger partial charge in [-0.1, -0.05) is 40.8 Å². The Kier molecular flexibility index (Phi) is 15.8. The van der Waals surface area contributed by atoms with Crippen molar-refractivity contribution in [2.75, 3.05) is 12.0 Å². The quantitative estimate of drug-likeness (QED) is 0.151. The molecule has 2 aliphatic rings. The highest BCUT2D eigenvalue weighted by Gasteiger charge is 2.24. The lowest BCUT2D eigenvalue weighted by molar-refractivity contribution is 0.0591. The Morgan fingerprint density at radius 2 is 1.20 bits per heavy atom. The first-order chi connectivity index (χ1) is 19.1. The third-order valence-electron chi connectivity index (χ3n) is 4.35. The fourth-order valence-electron chi connectivity index (χ4n) is 2.18. The highest BCUT2D eigenvalue weighted by Crippen LogP contribution is 2.25. The van der Waals surface area contributed by atoms with Crippen molar-refractivity contribution >= 4 is 40.5 Å². The van der Waals surface area contributed by atoms with Crippen LogP contribution in [0.25, 0.3) is 0 Å². The molecule has 40 heavy (non-hydrogen) atoms. The van der Waals surface area contributed by atoms with Gasteiger partial charge in [-0.3, -0.25) is 0 Å². The second kappa shape index (κ2) is 18.5. The fourth-order valence-corrected chi connectivity index (χ4v) is 2.18. The number of ether oxygens (including phenoxy) is 2. The standard InChI is InChI=1S/C9H9NO3.C7H6FNO2.C6H4FNO2.C3H6O.CH3I/c11-9(12)7-2-1-3-8(10-7)13-6-4-5-6;1-11-7(10)5-3-2-4-6(8)9-5;7-5-3-1-2-4(8-5)6(9)10;4-3-1-2-3;1-2/h1-3,6H,4-5H2,(H,11,12);2-4H,1H3;1-3H,(H,9,10);3-4H,1-2H2;1H3. The van der Waals surface area contributed by atoms with E-state index < -0.39 is 29.8 Å². The van der Waals surface area contributed by atoms with Gasteiger partial charge in [-0.05, 0) is 60.9 Å². The number of carboxylic acid groups (broad SMARTS) is 2. The molecule has 0 unspecified atom stereocenters. The molecule has 5 rings (SSSR count). The Labute approximate surface area is 242 Å². The number of aromatic carboxylic acids is 2. The molecule has 2 fully saturated rings. The number of carbonyl (C=O) groups is 3. The van der Waals surface area contributed by atoms with Crippen LogP contribution in [0.3, 0.4) is 0 Å². The van der Waals surface area contributed by atoms with Crippen LogP contribution in [0.1, 0.15) is 57.1 Å². The number of halogens is 3. The summed E-state index contributed by atoms with van der Waals surface area (Å²) in [4.78, 5) is 43.6. The van der Waals surface area contributed by atoms with Gasteiger partial charge in [-0.25, -0.2) is 29.3 Å². The monoisotopic (exact) mass is 675 g/mol. The third kappa shape index (κ3) is 15.0. The second-order valence-electron chi connectivity index (χ2n) is 7.70. The largest absolute Gasteiger partial charge is 0.477 e. The van der Waals surface area contributed by atoms with Gasteiger partial charge in [0.25, 0.3) is 0 Å². The zero-order valence-electron chi connectivity index (χ0n) is 21.5. The third-order valence-corrected chi connectivity index (χ3v) is 4.35. The van der Waals surface area contributed by atoms with Gasteiger partial charge >= 0.3 is 17.9 Å². The van der Waals surface area contributed by atoms with Crippen LogP contribution >= 0.6 is 22.6 Å². The van der Waals surface area contributed by atoms with Crippen LogP contribution in [-0.2, 0) is 4.74 Å².